The number of sulfonamides is 1. The molecule has 0 saturated heterocycles. The Morgan fingerprint density at radius 1 is 1.03 bits per heavy atom. The number of nitrogens with zero attached hydrogens (tertiary/aromatic N) is 1. The van der Waals surface area contributed by atoms with Gasteiger partial charge in [-0.3, -0.25) is 9.10 Å². The van der Waals surface area contributed by atoms with Gasteiger partial charge in [0, 0.05) is 6.54 Å². The van der Waals surface area contributed by atoms with Crippen molar-refractivity contribution in [2.45, 2.75) is 60.0 Å². The van der Waals surface area contributed by atoms with Crippen molar-refractivity contribution in [2.75, 3.05) is 10.6 Å². The Morgan fingerprint density at radius 3 is 2.31 bits per heavy atom. The lowest BCUT2D eigenvalue weighted by Crippen LogP contribution is -2.48. The first-order valence-electron chi connectivity index (χ1n) is 10.0. The highest BCUT2D eigenvalue weighted by Crippen LogP contribution is 2.26. The maximum absolute atomic E-state index is 12.9. The Kier molecular flexibility index (Phi) is 7.47. The maximum atomic E-state index is 12.9. The van der Waals surface area contributed by atoms with Gasteiger partial charge < -0.3 is 5.32 Å². The minimum absolute atomic E-state index is 0.319. The Morgan fingerprint density at radius 2 is 1.72 bits per heavy atom. The lowest BCUT2D eigenvalue weighted by Gasteiger charge is -2.30. The molecule has 0 aromatic heterocycles. The van der Waals surface area contributed by atoms with Crippen LogP contribution in [0.1, 0.15) is 48.6 Å². The molecule has 5 nitrogen and oxygen atoms in total. The van der Waals surface area contributed by atoms with Crippen LogP contribution in [0.5, 0.6) is 0 Å². The predicted octanol–water partition coefficient (Wildman–Crippen LogP) is 3.90. The zero-order chi connectivity index (χ0) is 21.8. The molecule has 2 rings (SSSR count). The summed E-state index contributed by atoms with van der Waals surface area (Å²) in [6, 6.07) is 11.1. The molecule has 2 aromatic rings. The molecule has 0 radical (unpaired) electrons. The number of hydrogen-bond donors (Lipinski definition) is 1. The minimum Gasteiger partial charge on any atom is -0.350 e. The zero-order valence-corrected chi connectivity index (χ0v) is 19.1. The van der Waals surface area contributed by atoms with Crippen LogP contribution in [0, 0.1) is 13.8 Å². The first-order chi connectivity index (χ1) is 13.6. The summed E-state index contributed by atoms with van der Waals surface area (Å²) in [6.07, 6.45) is 2.94. The van der Waals surface area contributed by atoms with Crippen LogP contribution in [-0.4, -0.2) is 26.6 Å². The van der Waals surface area contributed by atoms with Gasteiger partial charge >= 0.3 is 0 Å². The first kappa shape index (κ1) is 22.9. The van der Waals surface area contributed by atoms with Crippen molar-refractivity contribution < 1.29 is 13.2 Å². The normalized spacial score (nSPS) is 12.5. The third kappa shape index (κ3) is 5.60. The highest BCUT2D eigenvalue weighted by molar-refractivity contribution is 7.92. The summed E-state index contributed by atoms with van der Waals surface area (Å²) in [7, 11) is -3.64. The number of nitrogens with one attached hydrogen (secondary N) is 1. The Hall–Kier alpha value is -2.34. The van der Waals surface area contributed by atoms with Gasteiger partial charge in [-0.15, -0.1) is 0 Å². The van der Waals surface area contributed by atoms with Crippen molar-refractivity contribution in [3.05, 3.63) is 64.2 Å². The summed E-state index contributed by atoms with van der Waals surface area (Å²) in [5, 5.41) is 2.94. The fourth-order valence-electron chi connectivity index (χ4n) is 3.48. The predicted molar refractivity (Wildman–Crippen MR) is 120 cm³/mol. The number of rotatable bonds is 8. The van der Waals surface area contributed by atoms with E-state index in [1.165, 1.54) is 15.4 Å². The first-order valence-corrected chi connectivity index (χ1v) is 11.9. The summed E-state index contributed by atoms with van der Waals surface area (Å²) in [5.74, 6) is -0.319. The van der Waals surface area contributed by atoms with Crippen LogP contribution < -0.4 is 9.62 Å². The van der Waals surface area contributed by atoms with E-state index in [-0.39, 0.29) is 5.91 Å². The number of carbonyl (C=O) groups is 1. The lowest BCUT2D eigenvalue weighted by molar-refractivity contribution is -0.122. The Labute approximate surface area is 175 Å². The van der Waals surface area contributed by atoms with Crippen LogP contribution >= 0.6 is 0 Å². The third-order valence-corrected chi connectivity index (χ3v) is 6.43. The molecule has 1 N–H and O–H groups in total. The third-order valence-electron chi connectivity index (χ3n) is 5.20. The standard InChI is InChI=1S/C23H32N2O3S/c1-7-19-11-12-20(8-2)21(14-19)15-24-23(26)18(5)25(29(6,27)28)22-13-16(3)9-10-17(22)4/h9-14,18H,7-8,15H2,1-6H3,(H,24,26). The Balaban J connectivity index is 2.28. The van der Waals surface area contributed by atoms with Gasteiger partial charge in [0.2, 0.25) is 15.9 Å². The monoisotopic (exact) mass is 416 g/mol. The van der Waals surface area contributed by atoms with Gasteiger partial charge in [-0.1, -0.05) is 44.2 Å². The van der Waals surface area contributed by atoms with Crippen molar-refractivity contribution in [2.24, 2.45) is 0 Å². The number of benzene rings is 2. The van der Waals surface area contributed by atoms with E-state index in [0.29, 0.717) is 12.2 Å². The number of hydrogen-bond acceptors (Lipinski definition) is 3. The zero-order valence-electron chi connectivity index (χ0n) is 18.2. The molecule has 0 aliphatic heterocycles. The van der Waals surface area contributed by atoms with Gasteiger partial charge in [-0.05, 0) is 67.5 Å². The average molecular weight is 417 g/mol. The molecule has 0 saturated carbocycles. The van der Waals surface area contributed by atoms with Crippen molar-refractivity contribution in [3.8, 4) is 0 Å². The van der Waals surface area contributed by atoms with Crippen molar-refractivity contribution >= 4 is 21.6 Å². The van der Waals surface area contributed by atoms with Gasteiger partial charge in [0.25, 0.3) is 0 Å². The van der Waals surface area contributed by atoms with Crippen LogP contribution in [0.3, 0.4) is 0 Å². The van der Waals surface area contributed by atoms with Crippen molar-refractivity contribution in [1.29, 1.82) is 0 Å². The fourth-order valence-corrected chi connectivity index (χ4v) is 4.70. The van der Waals surface area contributed by atoms with Crippen LogP contribution in [0.25, 0.3) is 0 Å². The maximum Gasteiger partial charge on any atom is 0.243 e. The molecular weight excluding hydrogens is 384 g/mol. The SMILES string of the molecule is CCc1ccc(CC)c(CNC(=O)C(C)N(c2cc(C)ccc2C)S(C)(=O)=O)c1. The number of anilines is 1. The molecule has 0 fully saturated rings. The van der Waals surface area contributed by atoms with E-state index >= 15 is 0 Å². The van der Waals surface area contributed by atoms with Crippen molar-refractivity contribution in [3.63, 3.8) is 0 Å². The topological polar surface area (TPSA) is 66.5 Å². The van der Waals surface area contributed by atoms with Crippen LogP contribution in [0.4, 0.5) is 5.69 Å². The highest BCUT2D eigenvalue weighted by atomic mass is 32.2. The molecule has 158 valence electrons. The second-order valence-corrected chi connectivity index (χ2v) is 9.41. The summed E-state index contributed by atoms with van der Waals surface area (Å²) in [4.78, 5) is 12.9. The summed E-state index contributed by atoms with van der Waals surface area (Å²) >= 11 is 0. The number of aryl methyl sites for hydroxylation is 4. The van der Waals surface area contributed by atoms with E-state index in [0.717, 1.165) is 35.8 Å². The number of carbonyl (C=O) groups excluding carboxylic acids is 1. The van der Waals surface area contributed by atoms with Gasteiger partial charge in [-0.25, -0.2) is 8.42 Å². The van der Waals surface area contributed by atoms with Crippen LogP contribution in [0.2, 0.25) is 0 Å². The molecule has 0 aliphatic carbocycles. The molecule has 6 heteroatoms. The molecular formula is C23H32N2O3S. The molecule has 1 atom stereocenters. The molecule has 0 aliphatic rings. The molecule has 0 bridgehead atoms. The Bertz CT molecular complexity index is 984. The molecule has 2 aromatic carbocycles. The second kappa shape index (κ2) is 9.44. The minimum atomic E-state index is -3.64. The van der Waals surface area contributed by atoms with E-state index in [9.17, 15) is 13.2 Å². The van der Waals surface area contributed by atoms with E-state index in [4.69, 9.17) is 0 Å². The van der Waals surface area contributed by atoms with Crippen LogP contribution in [-0.2, 0) is 34.2 Å². The fraction of sp³-hybridized carbons (Fsp3) is 0.435. The van der Waals surface area contributed by atoms with Gasteiger partial charge in [0.1, 0.15) is 6.04 Å². The summed E-state index contributed by atoms with van der Waals surface area (Å²) in [6.45, 7) is 9.94. The molecule has 1 unspecified atom stereocenters. The highest BCUT2D eigenvalue weighted by Gasteiger charge is 2.30. The van der Waals surface area contributed by atoms with Crippen LogP contribution in [0.15, 0.2) is 36.4 Å². The summed E-state index contributed by atoms with van der Waals surface area (Å²) in [5.41, 5.74) is 5.76. The lowest BCUT2D eigenvalue weighted by atomic mass is 10.0. The molecule has 0 spiro atoms. The smallest absolute Gasteiger partial charge is 0.243 e. The van der Waals surface area contributed by atoms with Crippen molar-refractivity contribution in [1.82, 2.24) is 5.32 Å². The van der Waals surface area contributed by atoms with Gasteiger partial charge in [-0.2, -0.15) is 0 Å². The van der Waals surface area contributed by atoms with Gasteiger partial charge in [0.15, 0.2) is 0 Å². The quantitative estimate of drug-likeness (QED) is 0.710. The number of amides is 1. The second-order valence-electron chi connectivity index (χ2n) is 7.55. The average Bonchev–Trinajstić information content (AvgIpc) is 2.67. The largest absolute Gasteiger partial charge is 0.350 e. The summed E-state index contributed by atoms with van der Waals surface area (Å²) < 4.78 is 26.3. The van der Waals surface area contributed by atoms with Gasteiger partial charge in [0.05, 0.1) is 11.9 Å². The molecule has 29 heavy (non-hydrogen) atoms. The van der Waals surface area contributed by atoms with E-state index in [1.807, 2.05) is 26.0 Å². The molecule has 1 amide bonds. The van der Waals surface area contributed by atoms with E-state index < -0.39 is 16.1 Å². The van der Waals surface area contributed by atoms with E-state index in [1.54, 1.807) is 13.0 Å². The van der Waals surface area contributed by atoms with E-state index in [2.05, 4.69) is 37.4 Å². The molecule has 0 heterocycles.